The maximum Gasteiger partial charge on any atom is 0.393 e. The van der Waals surface area contributed by atoms with E-state index in [9.17, 15) is 22.8 Å². The van der Waals surface area contributed by atoms with Gasteiger partial charge >= 0.3 is 6.18 Å². The van der Waals surface area contributed by atoms with Crippen molar-refractivity contribution in [2.75, 3.05) is 57.4 Å². The molecule has 0 saturated carbocycles. The van der Waals surface area contributed by atoms with Crippen LogP contribution in [-0.2, 0) is 9.54 Å². The topological polar surface area (TPSA) is 76.1 Å². The standard InChI is InChI=1S/C31H37Cl4F3N4O3S/c1-18(31(36,37)38)30(2,23-12-19(32)4-5-24(23)33)46-17-27(44)41-8-6-22(7-9-41)42-15-21(16-42)39-20-13-25(34)28(26(35)14-20)29(45)40(3)10-11-43/h4-5,12-14,18,21-22,39,43H,6-11,15-17H2,1-3H3. The second-order valence-electron chi connectivity index (χ2n) is 12.0. The van der Waals surface area contributed by atoms with Crippen LogP contribution < -0.4 is 5.32 Å². The molecule has 254 valence electrons. The summed E-state index contributed by atoms with van der Waals surface area (Å²) < 4.78 is 40.3. The van der Waals surface area contributed by atoms with Crippen molar-refractivity contribution in [3.63, 3.8) is 0 Å². The first-order valence-electron chi connectivity index (χ1n) is 14.8. The molecule has 2 saturated heterocycles. The van der Waals surface area contributed by atoms with Crippen LogP contribution >= 0.6 is 58.2 Å². The fourth-order valence-electron chi connectivity index (χ4n) is 5.85. The minimum absolute atomic E-state index is 0.118. The first kappa shape index (κ1) is 37.2. The van der Waals surface area contributed by atoms with Crippen LogP contribution in [-0.4, -0.2) is 102 Å². The highest BCUT2D eigenvalue weighted by molar-refractivity contribution is 8.00. The van der Waals surface area contributed by atoms with Crippen LogP contribution in [0.4, 0.5) is 18.9 Å². The van der Waals surface area contributed by atoms with E-state index in [4.69, 9.17) is 51.5 Å². The van der Waals surface area contributed by atoms with Crippen LogP contribution in [0, 0.1) is 5.92 Å². The number of benzene rings is 2. The molecule has 0 spiro atoms. The molecular formula is C31H37Cl4F3N4O3S. The van der Waals surface area contributed by atoms with E-state index < -0.39 is 16.8 Å². The molecule has 46 heavy (non-hydrogen) atoms. The summed E-state index contributed by atoms with van der Waals surface area (Å²) in [5.41, 5.74) is 1.14. The van der Waals surface area contributed by atoms with Crippen molar-refractivity contribution in [3.05, 3.63) is 61.5 Å². The molecule has 15 heteroatoms. The van der Waals surface area contributed by atoms with Crippen LogP contribution in [0.2, 0.25) is 20.1 Å². The fourth-order valence-corrected chi connectivity index (χ4v) is 8.36. The number of nitrogens with zero attached hydrogens (tertiary/aromatic N) is 3. The summed E-state index contributed by atoms with van der Waals surface area (Å²) in [6, 6.07) is 8.21. The van der Waals surface area contributed by atoms with Gasteiger partial charge in [-0.3, -0.25) is 14.5 Å². The number of carbonyl (C=O) groups excluding carboxylic acids is 2. The van der Waals surface area contributed by atoms with Gasteiger partial charge in [0.05, 0.1) is 44.7 Å². The maximum absolute atomic E-state index is 14.0. The molecule has 2 aliphatic rings. The molecule has 0 aromatic heterocycles. The van der Waals surface area contributed by atoms with Crippen molar-refractivity contribution in [3.8, 4) is 0 Å². The monoisotopic (exact) mass is 742 g/mol. The van der Waals surface area contributed by atoms with Crippen LogP contribution in [0.25, 0.3) is 0 Å². The number of anilines is 1. The Kier molecular flexibility index (Phi) is 12.4. The molecule has 4 rings (SSSR count). The molecule has 0 bridgehead atoms. The Morgan fingerprint density at radius 3 is 2.24 bits per heavy atom. The first-order valence-corrected chi connectivity index (χ1v) is 17.3. The summed E-state index contributed by atoms with van der Waals surface area (Å²) in [4.78, 5) is 31.2. The number of piperidine rings is 1. The molecular weight excluding hydrogens is 707 g/mol. The van der Waals surface area contributed by atoms with E-state index in [0.29, 0.717) is 18.8 Å². The van der Waals surface area contributed by atoms with Crippen molar-refractivity contribution >= 4 is 75.7 Å². The molecule has 2 heterocycles. The Bertz CT molecular complexity index is 1400. The average molecular weight is 745 g/mol. The third kappa shape index (κ3) is 8.51. The molecule has 2 atom stereocenters. The number of likely N-dealkylation sites (tertiary alicyclic amines) is 2. The summed E-state index contributed by atoms with van der Waals surface area (Å²) in [6.45, 7) is 5.16. The second kappa shape index (κ2) is 15.3. The Morgan fingerprint density at radius 2 is 1.67 bits per heavy atom. The van der Waals surface area contributed by atoms with Gasteiger partial charge in [0.25, 0.3) is 5.91 Å². The third-order valence-electron chi connectivity index (χ3n) is 8.93. The third-order valence-corrected chi connectivity index (χ3v) is 11.7. The highest BCUT2D eigenvalue weighted by atomic mass is 35.5. The predicted octanol–water partition coefficient (Wildman–Crippen LogP) is 7.30. The van der Waals surface area contributed by atoms with E-state index in [1.54, 1.807) is 24.1 Å². The van der Waals surface area contributed by atoms with E-state index in [1.165, 1.54) is 30.0 Å². The van der Waals surface area contributed by atoms with Crippen molar-refractivity contribution < 1.29 is 27.9 Å². The largest absolute Gasteiger partial charge is 0.395 e. The van der Waals surface area contributed by atoms with Crippen LogP contribution in [0.3, 0.4) is 0 Å². The van der Waals surface area contributed by atoms with Crippen LogP contribution in [0.1, 0.15) is 42.6 Å². The van der Waals surface area contributed by atoms with E-state index >= 15 is 0 Å². The zero-order valence-corrected chi connectivity index (χ0v) is 29.5. The summed E-state index contributed by atoms with van der Waals surface area (Å²) in [6.07, 6.45) is -2.98. The molecule has 2 aliphatic heterocycles. The normalized spacial score (nSPS) is 18.5. The molecule has 7 nitrogen and oxygen atoms in total. The second-order valence-corrected chi connectivity index (χ2v) is 15.0. The Labute approximate surface area is 291 Å². The number of rotatable bonds is 11. The van der Waals surface area contributed by atoms with Gasteiger partial charge in [-0.1, -0.05) is 53.3 Å². The molecule has 2 aromatic rings. The van der Waals surface area contributed by atoms with Crippen LogP contribution in [0.5, 0.6) is 0 Å². The lowest BCUT2D eigenvalue weighted by Crippen LogP contribution is -2.60. The van der Waals surface area contributed by atoms with Gasteiger partial charge in [0.2, 0.25) is 5.91 Å². The van der Waals surface area contributed by atoms with Gasteiger partial charge in [-0.25, -0.2) is 0 Å². The van der Waals surface area contributed by atoms with Crippen molar-refractivity contribution in [1.29, 1.82) is 0 Å². The number of hydrogen-bond acceptors (Lipinski definition) is 6. The Hall–Kier alpha value is -1.60. The van der Waals surface area contributed by atoms with E-state index in [-0.39, 0.29) is 74.0 Å². The average Bonchev–Trinajstić information content (AvgIpc) is 2.97. The van der Waals surface area contributed by atoms with Gasteiger partial charge < -0.3 is 20.2 Å². The number of alkyl halides is 3. The minimum Gasteiger partial charge on any atom is -0.395 e. The SMILES string of the molecule is CC(C(F)(F)F)C(C)(SCC(=O)N1CCC(N2CC(Nc3cc(Cl)c(C(=O)N(C)CCO)c(Cl)c3)C2)CC1)c1cc(Cl)ccc1Cl. The number of likely N-dealkylation sites (N-methyl/N-ethyl adjacent to an activating group) is 1. The van der Waals surface area contributed by atoms with Gasteiger partial charge in [-0.2, -0.15) is 13.2 Å². The van der Waals surface area contributed by atoms with Gasteiger partial charge in [-0.05, 0) is 55.7 Å². The summed E-state index contributed by atoms with van der Waals surface area (Å²) >= 11 is 26.2. The quantitative estimate of drug-likeness (QED) is 0.252. The Balaban J connectivity index is 1.28. The fraction of sp³-hybridized carbons (Fsp3) is 0.548. The molecule has 2 N–H and O–H groups in total. The van der Waals surface area contributed by atoms with E-state index in [0.717, 1.165) is 44.6 Å². The Morgan fingerprint density at radius 1 is 1.07 bits per heavy atom. The smallest absolute Gasteiger partial charge is 0.393 e. The first-order chi connectivity index (χ1) is 21.5. The molecule has 2 unspecified atom stereocenters. The zero-order valence-electron chi connectivity index (χ0n) is 25.6. The number of nitrogens with one attached hydrogen (secondary N) is 1. The van der Waals surface area contributed by atoms with Gasteiger partial charge in [-0.15, -0.1) is 11.8 Å². The zero-order chi connectivity index (χ0) is 34.0. The van der Waals surface area contributed by atoms with Gasteiger partial charge in [0, 0.05) is 61.5 Å². The summed E-state index contributed by atoms with van der Waals surface area (Å²) in [5, 5.41) is 13.4. The number of aliphatic hydroxyl groups excluding tert-OH is 1. The summed E-state index contributed by atoms with van der Waals surface area (Å²) in [7, 11) is 1.56. The molecule has 2 amide bonds. The molecule has 2 aromatic carbocycles. The van der Waals surface area contributed by atoms with Crippen molar-refractivity contribution in [2.45, 2.75) is 49.7 Å². The van der Waals surface area contributed by atoms with Gasteiger partial charge in [0.1, 0.15) is 0 Å². The van der Waals surface area contributed by atoms with Crippen LogP contribution in [0.15, 0.2) is 30.3 Å². The molecule has 2 fully saturated rings. The van der Waals surface area contributed by atoms with Crippen molar-refractivity contribution in [1.82, 2.24) is 14.7 Å². The highest BCUT2D eigenvalue weighted by Crippen LogP contribution is 2.51. The number of amides is 2. The van der Waals surface area contributed by atoms with E-state index in [1.807, 2.05) is 0 Å². The highest BCUT2D eigenvalue weighted by Gasteiger charge is 2.50. The minimum atomic E-state index is -4.50. The summed E-state index contributed by atoms with van der Waals surface area (Å²) in [5.74, 6) is -2.47. The van der Waals surface area contributed by atoms with Crippen molar-refractivity contribution in [2.24, 2.45) is 5.92 Å². The number of hydrogen-bond donors (Lipinski definition) is 2. The number of thioether (sulfide) groups is 1. The van der Waals surface area contributed by atoms with Gasteiger partial charge in [0.15, 0.2) is 0 Å². The molecule has 0 radical (unpaired) electrons. The van der Waals surface area contributed by atoms with E-state index in [2.05, 4.69) is 10.2 Å². The lowest BCUT2D eigenvalue weighted by molar-refractivity contribution is -0.178. The predicted molar refractivity (Wildman–Crippen MR) is 181 cm³/mol. The number of halogens is 7. The number of aliphatic hydroxyl groups is 1. The molecule has 0 aliphatic carbocycles. The lowest BCUT2D eigenvalue weighted by atomic mass is 9.87. The number of carbonyl (C=O) groups is 2. The lowest BCUT2D eigenvalue weighted by Gasteiger charge is -2.47. The maximum atomic E-state index is 14.0.